The average molecular weight is 473 g/mol. The molecule has 0 unspecified atom stereocenters. The van der Waals surface area contributed by atoms with E-state index in [9.17, 15) is 4.79 Å². The molecule has 0 atom stereocenters. The molecule has 2 heterocycles. The number of hydrogen-bond acceptors (Lipinski definition) is 6. The number of carbonyl (C=O) groups is 1. The van der Waals surface area contributed by atoms with E-state index in [1.54, 1.807) is 23.7 Å². The van der Waals surface area contributed by atoms with E-state index in [1.807, 2.05) is 36.2 Å². The van der Waals surface area contributed by atoms with Gasteiger partial charge in [0.15, 0.2) is 5.17 Å². The Labute approximate surface area is 197 Å². The zero-order valence-corrected chi connectivity index (χ0v) is 20.7. The maximum atomic E-state index is 13.1. The van der Waals surface area contributed by atoms with Crippen LogP contribution in [0.4, 0.5) is 17.1 Å². The molecule has 0 radical (unpaired) electrons. The lowest BCUT2D eigenvalue weighted by molar-refractivity contribution is -0.121. The zero-order chi connectivity index (χ0) is 22.3. The molecule has 0 N–H and O–H groups in total. The number of rotatable bonds is 4. The summed E-state index contributed by atoms with van der Waals surface area (Å²) >= 11 is 9.19. The van der Waals surface area contributed by atoms with Gasteiger partial charge in [-0.25, -0.2) is 4.99 Å². The molecule has 0 spiro atoms. The summed E-state index contributed by atoms with van der Waals surface area (Å²) in [6.45, 7) is 8.30. The largest absolute Gasteiger partial charge is 0.372 e. The average Bonchev–Trinajstić information content (AvgIpc) is 3.22. The Hall–Kier alpha value is -2.09. The van der Waals surface area contributed by atoms with Crippen LogP contribution < -0.4 is 9.80 Å². The highest BCUT2D eigenvalue weighted by Gasteiger charge is 2.37. The van der Waals surface area contributed by atoms with Crippen molar-refractivity contribution in [3.05, 3.63) is 56.9 Å². The lowest BCUT2D eigenvalue weighted by Gasteiger charge is -2.21. The minimum atomic E-state index is -0.0329. The van der Waals surface area contributed by atoms with Crippen LogP contribution in [0.3, 0.4) is 0 Å². The smallest absolute Gasteiger partial charge is 0.269 e. The summed E-state index contributed by atoms with van der Waals surface area (Å²) in [4.78, 5) is 25.7. The highest BCUT2D eigenvalue weighted by Crippen LogP contribution is 2.50. The number of nitrogens with zero attached hydrogens (tertiary/aromatic N) is 4. The number of likely N-dealkylation sites (N-methyl/N-ethyl adjacent to an activating group) is 1. The maximum Gasteiger partial charge on any atom is 0.269 e. The molecule has 4 rings (SSSR count). The van der Waals surface area contributed by atoms with E-state index in [-0.39, 0.29) is 5.91 Å². The van der Waals surface area contributed by atoms with Crippen molar-refractivity contribution in [2.24, 2.45) is 4.99 Å². The highest BCUT2D eigenvalue weighted by atomic mass is 35.5. The molecule has 2 aliphatic heterocycles. The van der Waals surface area contributed by atoms with E-state index in [1.165, 1.54) is 17.4 Å². The third kappa shape index (κ3) is 4.06. The summed E-state index contributed by atoms with van der Waals surface area (Å²) in [7, 11) is 3.75. The number of halogens is 1. The number of thioether (sulfide) groups is 2. The summed E-state index contributed by atoms with van der Waals surface area (Å²) in [6, 6.07) is 12.1. The number of amidine groups is 1. The van der Waals surface area contributed by atoms with Crippen molar-refractivity contribution in [1.29, 1.82) is 0 Å². The molecule has 1 amide bonds. The van der Waals surface area contributed by atoms with Crippen LogP contribution in [0, 0.1) is 6.92 Å². The topological polar surface area (TPSA) is 39.1 Å². The van der Waals surface area contributed by atoms with E-state index < -0.39 is 0 Å². The fourth-order valence-corrected chi connectivity index (χ4v) is 6.12. The summed E-state index contributed by atoms with van der Waals surface area (Å²) in [5.41, 5.74) is 4.18. The first-order valence-corrected chi connectivity index (χ1v) is 12.2. The molecule has 5 nitrogen and oxygen atoms in total. The predicted molar refractivity (Wildman–Crippen MR) is 135 cm³/mol. The third-order valence-corrected chi connectivity index (χ3v) is 8.21. The lowest BCUT2D eigenvalue weighted by atomic mass is 10.1. The van der Waals surface area contributed by atoms with E-state index in [0.29, 0.717) is 15.1 Å². The predicted octanol–water partition coefficient (Wildman–Crippen LogP) is 6.10. The fraction of sp³-hybridized carbons (Fsp3) is 0.304. The van der Waals surface area contributed by atoms with Crippen molar-refractivity contribution >= 4 is 63.3 Å². The van der Waals surface area contributed by atoms with Crippen molar-refractivity contribution in [1.82, 2.24) is 4.90 Å². The summed E-state index contributed by atoms with van der Waals surface area (Å²) in [6.07, 6.45) is 0. The molecule has 1 saturated heterocycles. The number of anilines is 2. The number of amides is 1. The summed E-state index contributed by atoms with van der Waals surface area (Å²) in [5, 5.41) is 2.29. The van der Waals surface area contributed by atoms with Crippen molar-refractivity contribution in [2.45, 2.75) is 25.7 Å². The molecule has 8 heteroatoms. The molecule has 0 aromatic heterocycles. The SMILES string of the molecule is CCN(CC)c1ccc(N=C2S/C(=C3\Sc4ccc(Cl)cc4N3C)C(=O)N2C)c(C)c1. The maximum absolute atomic E-state index is 13.1. The summed E-state index contributed by atoms with van der Waals surface area (Å²) < 4.78 is 0. The molecular weight excluding hydrogens is 448 g/mol. The summed E-state index contributed by atoms with van der Waals surface area (Å²) in [5.74, 6) is -0.0329. The van der Waals surface area contributed by atoms with Crippen LogP contribution >= 0.6 is 35.1 Å². The first-order chi connectivity index (χ1) is 14.8. The Bertz CT molecular complexity index is 1110. The van der Waals surface area contributed by atoms with Gasteiger partial charge < -0.3 is 9.80 Å². The molecule has 0 aliphatic carbocycles. The monoisotopic (exact) mass is 472 g/mol. The normalized spacial score (nSPS) is 19.5. The second-order valence-corrected chi connectivity index (χ2v) is 9.86. The molecule has 0 bridgehead atoms. The standard InChI is InChI=1S/C23H25ClN4OS2/c1-6-28(7-2)16-9-10-17(14(3)12-16)25-23-27(5)21(29)20(31-23)22-26(4)18-13-15(24)8-11-19(18)30-22/h8-13H,6-7H2,1-5H3/b22-20-,25-23?. The number of fused-ring (bicyclic) bond motifs is 1. The molecule has 2 aromatic rings. The number of carbonyl (C=O) groups excluding carboxylic acids is 1. The van der Waals surface area contributed by atoms with Gasteiger partial charge in [0.2, 0.25) is 0 Å². The van der Waals surface area contributed by atoms with Gasteiger partial charge >= 0.3 is 0 Å². The van der Waals surface area contributed by atoms with Gasteiger partial charge in [-0.3, -0.25) is 9.69 Å². The van der Waals surface area contributed by atoms with Gasteiger partial charge in [0.25, 0.3) is 5.91 Å². The fourth-order valence-electron chi connectivity index (χ4n) is 3.65. The molecular formula is C23H25ClN4OS2. The molecule has 0 saturated carbocycles. The number of benzene rings is 2. The molecule has 31 heavy (non-hydrogen) atoms. The van der Waals surface area contributed by atoms with Crippen LogP contribution in [0.15, 0.2) is 56.2 Å². The second kappa shape index (κ2) is 8.81. The van der Waals surface area contributed by atoms with Crippen LogP contribution in [0.25, 0.3) is 0 Å². The van der Waals surface area contributed by atoms with Crippen molar-refractivity contribution < 1.29 is 4.79 Å². The Kier molecular flexibility index (Phi) is 6.28. The van der Waals surface area contributed by atoms with Crippen LogP contribution in [-0.4, -0.2) is 43.2 Å². The number of hydrogen-bond donors (Lipinski definition) is 0. The van der Waals surface area contributed by atoms with Gasteiger partial charge in [-0.05, 0) is 74.5 Å². The highest BCUT2D eigenvalue weighted by molar-refractivity contribution is 8.19. The Morgan fingerprint density at radius 1 is 1.03 bits per heavy atom. The van der Waals surface area contributed by atoms with Gasteiger partial charge in [-0.2, -0.15) is 0 Å². The van der Waals surface area contributed by atoms with Gasteiger partial charge in [0, 0.05) is 42.8 Å². The number of aliphatic imine (C=N–C) groups is 1. The Morgan fingerprint density at radius 3 is 2.45 bits per heavy atom. The lowest BCUT2D eigenvalue weighted by Crippen LogP contribution is -2.25. The van der Waals surface area contributed by atoms with Gasteiger partial charge in [-0.1, -0.05) is 23.4 Å². The quantitative estimate of drug-likeness (QED) is 0.503. The zero-order valence-electron chi connectivity index (χ0n) is 18.3. The van der Waals surface area contributed by atoms with Crippen molar-refractivity contribution in [3.63, 3.8) is 0 Å². The van der Waals surface area contributed by atoms with E-state index in [2.05, 4.69) is 37.8 Å². The third-order valence-electron chi connectivity index (χ3n) is 5.49. The minimum Gasteiger partial charge on any atom is -0.372 e. The molecule has 2 aliphatic rings. The first-order valence-electron chi connectivity index (χ1n) is 10.2. The Balaban J connectivity index is 1.65. The van der Waals surface area contributed by atoms with Crippen molar-refractivity contribution in [3.8, 4) is 0 Å². The van der Waals surface area contributed by atoms with Gasteiger partial charge in [0.05, 0.1) is 16.4 Å². The first kappa shape index (κ1) is 22.1. The second-order valence-electron chi connectivity index (χ2n) is 7.41. The molecule has 2 aromatic carbocycles. The van der Waals surface area contributed by atoms with Crippen LogP contribution in [0.2, 0.25) is 5.02 Å². The van der Waals surface area contributed by atoms with Crippen LogP contribution in [0.1, 0.15) is 19.4 Å². The van der Waals surface area contributed by atoms with E-state index in [0.717, 1.165) is 40.0 Å². The van der Waals surface area contributed by atoms with Gasteiger partial charge in [0.1, 0.15) is 4.91 Å². The van der Waals surface area contributed by atoms with Gasteiger partial charge in [-0.15, -0.1) is 0 Å². The van der Waals surface area contributed by atoms with Crippen LogP contribution in [0.5, 0.6) is 0 Å². The molecule has 1 fully saturated rings. The number of aryl methyl sites for hydroxylation is 1. The minimum absolute atomic E-state index is 0.0329. The van der Waals surface area contributed by atoms with E-state index in [4.69, 9.17) is 16.6 Å². The Morgan fingerprint density at radius 2 is 1.77 bits per heavy atom. The molecule has 162 valence electrons. The van der Waals surface area contributed by atoms with Crippen LogP contribution in [-0.2, 0) is 4.79 Å². The van der Waals surface area contributed by atoms with E-state index >= 15 is 0 Å². The van der Waals surface area contributed by atoms with Crippen molar-refractivity contribution in [2.75, 3.05) is 37.0 Å².